The van der Waals surface area contributed by atoms with E-state index in [2.05, 4.69) is 12.2 Å². The summed E-state index contributed by atoms with van der Waals surface area (Å²) in [7, 11) is 5.52. The predicted octanol–water partition coefficient (Wildman–Crippen LogP) is 3.70. The minimum Gasteiger partial charge on any atom is -0.481 e. The second kappa shape index (κ2) is 15.6. The molecule has 29 heavy (non-hydrogen) atoms. The van der Waals surface area contributed by atoms with Crippen LogP contribution < -0.4 is 0 Å². The Bertz CT molecular complexity index is 484. The molecule has 1 atom stereocenters. The summed E-state index contributed by atoms with van der Waals surface area (Å²) in [6.07, 6.45) is 15.7. The average molecular weight is 415 g/mol. The number of nitrogens with zero attached hydrogens (tertiary/aromatic N) is 1. The van der Waals surface area contributed by atoms with Crippen LogP contribution >= 0.6 is 0 Å². The molecule has 0 fully saturated rings. The number of aliphatic carboxylic acids is 1. The molecule has 0 bridgehead atoms. The molecule has 6 nitrogen and oxygen atoms in total. The quantitative estimate of drug-likeness (QED) is 0.170. The fraction of sp³-hybridized carbons (Fsp3) is 0.826. The van der Waals surface area contributed by atoms with Gasteiger partial charge < -0.3 is 19.8 Å². The number of aliphatic hydroxyl groups is 2. The lowest BCUT2D eigenvalue weighted by Crippen LogP contribution is -2.54. The van der Waals surface area contributed by atoms with Crippen LogP contribution in [-0.2, 0) is 9.59 Å². The summed E-state index contributed by atoms with van der Waals surface area (Å²) in [5.41, 5.74) is -1.78. The standard InChI is InChI=1S/C23H43NO5/c1-24(2,3)20-23(29,19-22(27)28)21(26)17-15-13-11-9-7-5-4-6-8-10-12-14-16-18-25/h4,6,25,29H,5,7-20H2,1-3H3/p+1/b6-4-. The van der Waals surface area contributed by atoms with Gasteiger partial charge in [-0.2, -0.15) is 0 Å². The molecule has 170 valence electrons. The van der Waals surface area contributed by atoms with E-state index in [0.29, 0.717) is 17.5 Å². The van der Waals surface area contributed by atoms with Crippen molar-refractivity contribution in [1.82, 2.24) is 0 Å². The van der Waals surface area contributed by atoms with E-state index < -0.39 is 18.0 Å². The highest BCUT2D eigenvalue weighted by molar-refractivity contribution is 5.90. The molecule has 1 unspecified atom stereocenters. The molecule has 0 heterocycles. The van der Waals surface area contributed by atoms with Crippen LogP contribution in [-0.4, -0.2) is 71.5 Å². The first kappa shape index (κ1) is 27.8. The Hall–Kier alpha value is -1.24. The Balaban J connectivity index is 3.89. The molecule has 0 amide bonds. The zero-order valence-electron chi connectivity index (χ0n) is 18.9. The van der Waals surface area contributed by atoms with Crippen molar-refractivity contribution in [3.63, 3.8) is 0 Å². The topological polar surface area (TPSA) is 94.8 Å². The van der Waals surface area contributed by atoms with Crippen LogP contribution in [0.5, 0.6) is 0 Å². The zero-order valence-corrected chi connectivity index (χ0v) is 18.9. The van der Waals surface area contributed by atoms with Gasteiger partial charge in [-0.05, 0) is 38.5 Å². The van der Waals surface area contributed by atoms with Crippen LogP contribution in [0.1, 0.15) is 83.5 Å². The molecule has 0 spiro atoms. The van der Waals surface area contributed by atoms with E-state index in [9.17, 15) is 14.7 Å². The summed E-state index contributed by atoms with van der Waals surface area (Å²) in [4.78, 5) is 23.5. The summed E-state index contributed by atoms with van der Waals surface area (Å²) in [5, 5.41) is 28.4. The number of hydrogen-bond donors (Lipinski definition) is 3. The monoisotopic (exact) mass is 414 g/mol. The van der Waals surface area contributed by atoms with Gasteiger partial charge in [0.2, 0.25) is 0 Å². The van der Waals surface area contributed by atoms with Gasteiger partial charge in [-0.15, -0.1) is 0 Å². The molecule has 0 saturated heterocycles. The first-order valence-corrected chi connectivity index (χ1v) is 11.1. The van der Waals surface area contributed by atoms with Gasteiger partial charge >= 0.3 is 5.97 Å². The lowest BCUT2D eigenvalue weighted by Gasteiger charge is -2.33. The molecule has 0 radical (unpaired) electrons. The van der Waals surface area contributed by atoms with Crippen LogP contribution in [0.25, 0.3) is 0 Å². The number of hydrogen-bond acceptors (Lipinski definition) is 4. The Morgan fingerprint density at radius 2 is 1.31 bits per heavy atom. The van der Waals surface area contributed by atoms with E-state index in [4.69, 9.17) is 10.2 Å². The Labute approximate surface area is 177 Å². The van der Waals surface area contributed by atoms with Crippen molar-refractivity contribution in [1.29, 1.82) is 0 Å². The minimum atomic E-state index is -1.78. The lowest BCUT2D eigenvalue weighted by molar-refractivity contribution is -0.875. The number of likely N-dealkylation sites (N-methyl/N-ethyl adjacent to an activating group) is 1. The van der Waals surface area contributed by atoms with Crippen molar-refractivity contribution in [2.24, 2.45) is 0 Å². The van der Waals surface area contributed by atoms with Gasteiger partial charge in [0.05, 0.1) is 27.6 Å². The van der Waals surface area contributed by atoms with Gasteiger partial charge in [-0.1, -0.05) is 44.3 Å². The maximum atomic E-state index is 12.5. The van der Waals surface area contributed by atoms with Gasteiger partial charge in [0, 0.05) is 13.0 Å². The van der Waals surface area contributed by atoms with E-state index in [1.54, 1.807) is 0 Å². The normalized spacial score (nSPS) is 14.2. The van der Waals surface area contributed by atoms with Crippen LogP contribution in [0.15, 0.2) is 12.2 Å². The van der Waals surface area contributed by atoms with Crippen LogP contribution in [0.3, 0.4) is 0 Å². The smallest absolute Gasteiger partial charge is 0.306 e. The number of Topliss-reactive ketones (excluding diaryl/α,β-unsaturated/α-hetero) is 1. The third-order valence-electron chi connectivity index (χ3n) is 4.92. The van der Waals surface area contributed by atoms with Gasteiger partial charge in [-0.3, -0.25) is 9.59 Å². The second-order valence-electron chi connectivity index (χ2n) is 9.18. The van der Waals surface area contributed by atoms with Crippen molar-refractivity contribution in [2.45, 2.75) is 89.1 Å². The minimum absolute atomic E-state index is 0.103. The third kappa shape index (κ3) is 16.3. The molecule has 0 rings (SSSR count). The molecule has 3 N–H and O–H groups in total. The number of carboxylic acids is 1. The van der Waals surface area contributed by atoms with E-state index in [0.717, 1.165) is 51.4 Å². The summed E-state index contributed by atoms with van der Waals surface area (Å²) >= 11 is 0. The maximum absolute atomic E-state index is 12.5. The number of rotatable bonds is 19. The lowest BCUT2D eigenvalue weighted by atomic mass is 9.89. The predicted molar refractivity (Wildman–Crippen MR) is 117 cm³/mol. The van der Waals surface area contributed by atoms with E-state index in [1.165, 1.54) is 12.8 Å². The molecule has 0 aromatic heterocycles. The number of aliphatic hydroxyl groups excluding tert-OH is 1. The number of carboxylic acid groups (broad SMARTS) is 1. The first-order valence-electron chi connectivity index (χ1n) is 11.1. The van der Waals surface area contributed by atoms with Gasteiger partial charge in [0.25, 0.3) is 0 Å². The number of carbonyl (C=O) groups is 2. The van der Waals surface area contributed by atoms with Crippen molar-refractivity contribution in [3.8, 4) is 0 Å². The summed E-state index contributed by atoms with van der Waals surface area (Å²) in [5.74, 6) is -1.50. The molecule has 0 aliphatic rings. The van der Waals surface area contributed by atoms with Crippen molar-refractivity contribution < 1.29 is 29.4 Å². The molecule has 0 aliphatic carbocycles. The molecule has 0 aromatic rings. The Morgan fingerprint density at radius 1 is 0.828 bits per heavy atom. The van der Waals surface area contributed by atoms with E-state index in [1.807, 2.05) is 21.1 Å². The van der Waals surface area contributed by atoms with Gasteiger partial charge in [0.15, 0.2) is 11.4 Å². The molecule has 0 saturated carbocycles. The van der Waals surface area contributed by atoms with Crippen molar-refractivity contribution in [3.05, 3.63) is 12.2 Å². The number of quaternary nitrogens is 1. The van der Waals surface area contributed by atoms with Crippen LogP contribution in [0, 0.1) is 0 Å². The Kier molecular flexibility index (Phi) is 14.9. The maximum Gasteiger partial charge on any atom is 0.306 e. The summed E-state index contributed by atoms with van der Waals surface area (Å²) in [6, 6.07) is 0. The molecule has 0 aromatic carbocycles. The van der Waals surface area contributed by atoms with Gasteiger partial charge in [-0.25, -0.2) is 0 Å². The van der Waals surface area contributed by atoms with Crippen LogP contribution in [0.4, 0.5) is 0 Å². The van der Waals surface area contributed by atoms with E-state index in [-0.39, 0.29) is 18.7 Å². The summed E-state index contributed by atoms with van der Waals surface area (Å²) < 4.78 is 0.339. The highest BCUT2D eigenvalue weighted by Crippen LogP contribution is 2.20. The molecular formula is C23H44NO5+. The fourth-order valence-corrected chi connectivity index (χ4v) is 3.55. The number of unbranched alkanes of at least 4 members (excludes halogenated alkanes) is 9. The first-order chi connectivity index (χ1) is 13.6. The summed E-state index contributed by atoms with van der Waals surface area (Å²) in [6.45, 7) is 0.398. The fourth-order valence-electron chi connectivity index (χ4n) is 3.55. The zero-order chi connectivity index (χ0) is 22.2. The average Bonchev–Trinajstić information content (AvgIpc) is 2.59. The molecular weight excluding hydrogens is 370 g/mol. The second-order valence-corrected chi connectivity index (χ2v) is 9.18. The largest absolute Gasteiger partial charge is 0.481 e. The van der Waals surface area contributed by atoms with Crippen LogP contribution in [0.2, 0.25) is 0 Å². The number of allylic oxidation sites excluding steroid dienone is 2. The van der Waals surface area contributed by atoms with E-state index >= 15 is 0 Å². The molecule has 0 aliphatic heterocycles. The molecule has 6 heteroatoms. The highest BCUT2D eigenvalue weighted by atomic mass is 16.4. The number of ketones is 1. The Morgan fingerprint density at radius 3 is 1.79 bits per heavy atom. The highest BCUT2D eigenvalue weighted by Gasteiger charge is 2.42. The SMILES string of the molecule is C[N+](C)(C)CC(O)(CC(=O)O)C(=O)CCCCCCC/C=C\CCCCCCO. The third-order valence-corrected chi connectivity index (χ3v) is 4.92. The number of carbonyl (C=O) groups excluding carboxylic acids is 1. The van der Waals surface area contributed by atoms with Crippen molar-refractivity contribution >= 4 is 11.8 Å². The van der Waals surface area contributed by atoms with Crippen molar-refractivity contribution in [2.75, 3.05) is 34.3 Å². The van der Waals surface area contributed by atoms with Gasteiger partial charge in [0.1, 0.15) is 6.54 Å².